The predicted molar refractivity (Wildman–Crippen MR) is 66.6 cm³/mol. The number of hydrogen-bond donors (Lipinski definition) is 4. The van der Waals surface area contributed by atoms with Crippen molar-refractivity contribution >= 4 is 11.9 Å². The molecule has 1 aromatic heterocycles. The fourth-order valence-corrected chi connectivity index (χ4v) is 1.46. The summed E-state index contributed by atoms with van der Waals surface area (Å²) >= 11 is 0. The Morgan fingerprint density at radius 1 is 1.37 bits per heavy atom. The standard InChI is InChI=1S/C9H10O4.C3H4N2O/c1-9(8(12)13)4-2-3-6(5-9)7(10)11;6-3-1-2-4-5-3/h2-4H,5H2,1H3,(H,10,11)(H,12,13);1-2H,(H2,4,5,6). The van der Waals surface area contributed by atoms with E-state index in [0.717, 1.165) is 0 Å². The molecule has 0 amide bonds. The summed E-state index contributed by atoms with van der Waals surface area (Å²) in [5, 5.41) is 22.3. The Balaban J connectivity index is 0.000000250. The number of hydrogen-bond acceptors (Lipinski definition) is 3. The van der Waals surface area contributed by atoms with Crippen molar-refractivity contribution in [2.24, 2.45) is 5.41 Å². The van der Waals surface area contributed by atoms with Crippen LogP contribution in [0.1, 0.15) is 13.3 Å². The lowest BCUT2D eigenvalue weighted by atomic mass is 9.80. The second-order valence-electron chi connectivity index (χ2n) is 4.22. The van der Waals surface area contributed by atoms with Gasteiger partial charge in [-0.2, -0.15) is 0 Å². The van der Waals surface area contributed by atoms with E-state index in [9.17, 15) is 14.4 Å². The van der Waals surface area contributed by atoms with Gasteiger partial charge in [-0.15, -0.1) is 0 Å². The van der Waals surface area contributed by atoms with Crippen molar-refractivity contribution in [2.75, 3.05) is 0 Å². The number of nitrogens with one attached hydrogen (secondary N) is 2. The summed E-state index contributed by atoms with van der Waals surface area (Å²) in [7, 11) is 0. The Bertz CT molecular complexity index is 564. The lowest BCUT2D eigenvalue weighted by molar-refractivity contribution is -0.145. The normalized spacial score (nSPS) is 21.0. The van der Waals surface area contributed by atoms with E-state index in [1.54, 1.807) is 6.20 Å². The van der Waals surface area contributed by atoms with Gasteiger partial charge in [0, 0.05) is 17.8 Å². The molecule has 1 aromatic rings. The summed E-state index contributed by atoms with van der Waals surface area (Å²) in [6, 6.07) is 1.42. The molecular formula is C12H14N2O5. The molecule has 7 heteroatoms. The van der Waals surface area contributed by atoms with Crippen molar-refractivity contribution in [2.45, 2.75) is 13.3 Å². The highest BCUT2D eigenvalue weighted by Crippen LogP contribution is 2.31. The van der Waals surface area contributed by atoms with Gasteiger partial charge in [-0.1, -0.05) is 18.2 Å². The fraction of sp³-hybridized carbons (Fsp3) is 0.250. The molecule has 0 saturated carbocycles. The zero-order valence-corrected chi connectivity index (χ0v) is 10.2. The van der Waals surface area contributed by atoms with Crippen molar-refractivity contribution in [1.82, 2.24) is 10.2 Å². The second kappa shape index (κ2) is 5.85. The lowest BCUT2D eigenvalue weighted by Gasteiger charge is -2.23. The van der Waals surface area contributed by atoms with Gasteiger partial charge in [0.1, 0.15) is 0 Å². The van der Waals surface area contributed by atoms with Crippen LogP contribution in [0.4, 0.5) is 0 Å². The van der Waals surface area contributed by atoms with Gasteiger partial charge in [-0.25, -0.2) is 4.79 Å². The third-order valence-corrected chi connectivity index (χ3v) is 2.60. The molecule has 0 aliphatic heterocycles. The van der Waals surface area contributed by atoms with E-state index in [0.29, 0.717) is 0 Å². The maximum Gasteiger partial charge on any atom is 0.331 e. The van der Waals surface area contributed by atoms with Gasteiger partial charge in [-0.3, -0.25) is 14.7 Å². The molecule has 1 heterocycles. The Morgan fingerprint density at radius 3 is 2.42 bits per heavy atom. The molecule has 2 rings (SSSR count). The summed E-state index contributed by atoms with van der Waals surface area (Å²) in [4.78, 5) is 31.3. The van der Waals surface area contributed by atoms with Gasteiger partial charge in [0.2, 0.25) is 0 Å². The van der Waals surface area contributed by atoms with E-state index in [2.05, 4.69) is 10.2 Å². The highest BCUT2D eigenvalue weighted by Gasteiger charge is 2.34. The van der Waals surface area contributed by atoms with Gasteiger partial charge in [-0.05, 0) is 13.3 Å². The van der Waals surface area contributed by atoms with Crippen LogP contribution in [0.2, 0.25) is 0 Å². The predicted octanol–water partition coefficient (Wildman–Crippen LogP) is 0.751. The third kappa shape index (κ3) is 3.98. The lowest BCUT2D eigenvalue weighted by Crippen LogP contribution is -2.28. The molecule has 0 fully saturated rings. The van der Waals surface area contributed by atoms with Crippen molar-refractivity contribution < 1.29 is 19.8 Å². The summed E-state index contributed by atoms with van der Waals surface area (Å²) in [6.07, 6.45) is 5.98. The van der Waals surface area contributed by atoms with E-state index >= 15 is 0 Å². The van der Waals surface area contributed by atoms with Crippen molar-refractivity contribution in [3.05, 3.63) is 46.4 Å². The van der Waals surface area contributed by atoms with Crippen LogP contribution in [0.15, 0.2) is 40.9 Å². The summed E-state index contributed by atoms with van der Waals surface area (Å²) < 4.78 is 0. The molecule has 4 N–H and O–H groups in total. The molecule has 0 aromatic carbocycles. The van der Waals surface area contributed by atoms with Gasteiger partial charge < -0.3 is 15.3 Å². The Kier molecular flexibility index (Phi) is 4.46. The maximum absolute atomic E-state index is 10.8. The molecule has 0 radical (unpaired) electrons. The second-order valence-corrected chi connectivity index (χ2v) is 4.22. The zero-order chi connectivity index (χ0) is 14.5. The average Bonchev–Trinajstić information content (AvgIpc) is 2.81. The summed E-state index contributed by atoms with van der Waals surface area (Å²) in [5.74, 6) is -2.06. The molecule has 1 atom stereocenters. The van der Waals surface area contributed by atoms with Crippen molar-refractivity contribution in [3.63, 3.8) is 0 Å². The van der Waals surface area contributed by atoms with Crippen LogP contribution in [0, 0.1) is 5.41 Å². The van der Waals surface area contributed by atoms with Crippen molar-refractivity contribution in [3.8, 4) is 0 Å². The van der Waals surface area contributed by atoms with Crippen LogP contribution < -0.4 is 5.56 Å². The first-order chi connectivity index (χ1) is 8.85. The summed E-state index contributed by atoms with van der Waals surface area (Å²) in [6.45, 7) is 1.50. The maximum atomic E-state index is 10.8. The Hall–Kier alpha value is -2.57. The number of aliphatic carboxylic acids is 2. The molecular weight excluding hydrogens is 252 g/mol. The monoisotopic (exact) mass is 266 g/mol. The number of H-pyrrole nitrogens is 2. The van der Waals surface area contributed by atoms with Crippen molar-refractivity contribution in [1.29, 1.82) is 0 Å². The number of rotatable bonds is 2. The van der Waals surface area contributed by atoms with E-state index in [1.165, 1.54) is 31.2 Å². The summed E-state index contributed by atoms with van der Waals surface area (Å²) in [5.41, 5.74) is -1.04. The molecule has 0 saturated heterocycles. The molecule has 0 bridgehead atoms. The number of aromatic amines is 2. The van der Waals surface area contributed by atoms with Crippen LogP contribution in [-0.2, 0) is 9.59 Å². The topological polar surface area (TPSA) is 123 Å². The molecule has 102 valence electrons. The van der Waals surface area contributed by atoms with E-state index in [-0.39, 0.29) is 17.6 Å². The van der Waals surface area contributed by atoms with Crippen LogP contribution >= 0.6 is 0 Å². The van der Waals surface area contributed by atoms with Crippen LogP contribution in [0.25, 0.3) is 0 Å². The van der Waals surface area contributed by atoms with Gasteiger partial charge in [0.15, 0.2) is 0 Å². The smallest absolute Gasteiger partial charge is 0.331 e. The first kappa shape index (κ1) is 14.5. The van der Waals surface area contributed by atoms with E-state index < -0.39 is 17.4 Å². The van der Waals surface area contributed by atoms with Gasteiger partial charge in [0.05, 0.1) is 5.41 Å². The number of allylic oxidation sites excluding steroid dienone is 2. The molecule has 7 nitrogen and oxygen atoms in total. The minimum atomic E-state index is -1.08. The van der Waals surface area contributed by atoms with Crippen LogP contribution in [0.5, 0.6) is 0 Å². The number of carboxylic acid groups (broad SMARTS) is 2. The zero-order valence-electron chi connectivity index (χ0n) is 10.2. The van der Waals surface area contributed by atoms with Gasteiger partial charge >= 0.3 is 11.9 Å². The largest absolute Gasteiger partial charge is 0.481 e. The number of carboxylic acids is 2. The third-order valence-electron chi connectivity index (χ3n) is 2.60. The minimum Gasteiger partial charge on any atom is -0.481 e. The molecule has 1 unspecified atom stereocenters. The molecule has 0 spiro atoms. The first-order valence-electron chi connectivity index (χ1n) is 5.42. The first-order valence-corrected chi connectivity index (χ1v) is 5.42. The van der Waals surface area contributed by atoms with E-state index in [1.807, 2.05) is 0 Å². The Morgan fingerprint density at radius 2 is 2.05 bits per heavy atom. The van der Waals surface area contributed by atoms with Crippen LogP contribution in [-0.4, -0.2) is 32.3 Å². The minimum absolute atomic E-state index is 0.0359. The fourth-order valence-electron chi connectivity index (χ4n) is 1.46. The number of aromatic nitrogens is 2. The Labute approximate surface area is 108 Å². The quantitative estimate of drug-likeness (QED) is 0.629. The van der Waals surface area contributed by atoms with Gasteiger partial charge in [0.25, 0.3) is 5.56 Å². The average molecular weight is 266 g/mol. The van der Waals surface area contributed by atoms with E-state index in [4.69, 9.17) is 10.2 Å². The molecule has 1 aliphatic carbocycles. The highest BCUT2D eigenvalue weighted by atomic mass is 16.4. The molecule has 19 heavy (non-hydrogen) atoms. The molecule has 1 aliphatic rings. The number of carbonyl (C=O) groups is 2. The van der Waals surface area contributed by atoms with Crippen LogP contribution in [0.3, 0.4) is 0 Å². The highest BCUT2D eigenvalue weighted by molar-refractivity contribution is 5.90. The SMILES string of the molecule is CC1(C(=O)O)C=CC=C(C(=O)O)C1.O=c1cc[nH][nH]1.